The van der Waals surface area contributed by atoms with Crippen LogP contribution in [0.1, 0.15) is 81.9 Å². The largest absolute Gasteiger partial charge is 0.224 e. The minimum Gasteiger partial charge on any atom is -0.224 e. The van der Waals surface area contributed by atoms with E-state index in [1.54, 1.807) is 36.0 Å². The van der Waals surface area contributed by atoms with Crippen LogP contribution in [0.3, 0.4) is 0 Å². The minimum atomic E-state index is -3.33. The van der Waals surface area contributed by atoms with E-state index in [0.29, 0.717) is 4.90 Å². The van der Waals surface area contributed by atoms with Crippen LogP contribution in [0.2, 0.25) is 0 Å². The zero-order chi connectivity index (χ0) is 22.4. The summed E-state index contributed by atoms with van der Waals surface area (Å²) in [6.45, 7) is 2.26. The molecule has 0 N–H and O–H groups in total. The third kappa shape index (κ3) is 10.6. The van der Waals surface area contributed by atoms with Gasteiger partial charge in [-0.15, -0.1) is 0 Å². The van der Waals surface area contributed by atoms with E-state index < -0.39 is 9.84 Å². The molecule has 2 aromatic rings. The van der Waals surface area contributed by atoms with Crippen LogP contribution in [0, 0.1) is 0 Å². The highest BCUT2D eigenvalue weighted by molar-refractivity contribution is 9.10. The van der Waals surface area contributed by atoms with E-state index in [-0.39, 0.29) is 11.0 Å². The Morgan fingerprint density at radius 2 is 1.32 bits per heavy atom. The van der Waals surface area contributed by atoms with Gasteiger partial charge >= 0.3 is 0 Å². The molecular weight excluding hydrogens is 488 g/mol. The van der Waals surface area contributed by atoms with E-state index >= 15 is 0 Å². The first-order valence-electron chi connectivity index (χ1n) is 11.7. The highest BCUT2D eigenvalue weighted by Gasteiger charge is 2.23. The van der Waals surface area contributed by atoms with Gasteiger partial charge in [-0.3, -0.25) is 0 Å². The predicted octanol–water partition coefficient (Wildman–Crippen LogP) is 8.62. The summed E-state index contributed by atoms with van der Waals surface area (Å²) in [5.74, 6) is 1.15. The van der Waals surface area contributed by atoms with Gasteiger partial charge in [0.2, 0.25) is 0 Å². The van der Waals surface area contributed by atoms with Crippen molar-refractivity contribution in [1.82, 2.24) is 0 Å². The van der Waals surface area contributed by atoms with E-state index in [9.17, 15) is 8.42 Å². The molecule has 5 heteroatoms. The number of benzene rings is 2. The van der Waals surface area contributed by atoms with Crippen LogP contribution < -0.4 is 0 Å². The normalized spacial score (nSPS) is 12.7. The molecule has 0 saturated carbocycles. The molecule has 31 heavy (non-hydrogen) atoms. The van der Waals surface area contributed by atoms with Crippen molar-refractivity contribution >= 4 is 37.5 Å². The smallest absolute Gasteiger partial charge is 0.179 e. The van der Waals surface area contributed by atoms with Gasteiger partial charge in [-0.1, -0.05) is 111 Å². The van der Waals surface area contributed by atoms with Gasteiger partial charge in [-0.05, 0) is 42.0 Å². The van der Waals surface area contributed by atoms with Crippen LogP contribution in [-0.2, 0) is 9.84 Å². The van der Waals surface area contributed by atoms with Crippen molar-refractivity contribution < 1.29 is 8.42 Å². The van der Waals surface area contributed by atoms with Gasteiger partial charge in [-0.25, -0.2) is 8.42 Å². The Labute approximate surface area is 202 Å². The molecule has 2 aromatic carbocycles. The van der Waals surface area contributed by atoms with E-state index in [2.05, 4.69) is 22.9 Å². The van der Waals surface area contributed by atoms with E-state index in [1.165, 1.54) is 57.8 Å². The quantitative estimate of drug-likeness (QED) is 0.206. The van der Waals surface area contributed by atoms with Gasteiger partial charge in [0, 0.05) is 9.72 Å². The average molecular weight is 526 g/mol. The maximum absolute atomic E-state index is 13.0. The Kier molecular flexibility index (Phi) is 12.9. The molecule has 0 aliphatic heterocycles. The first kappa shape index (κ1) is 26.5. The molecule has 2 nitrogen and oxygen atoms in total. The van der Waals surface area contributed by atoms with Crippen LogP contribution >= 0.6 is 27.7 Å². The lowest BCUT2D eigenvalue weighted by atomic mass is 10.1. The van der Waals surface area contributed by atoms with Crippen molar-refractivity contribution in [1.29, 1.82) is 0 Å². The second-order valence-electron chi connectivity index (χ2n) is 8.19. The summed E-state index contributed by atoms with van der Waals surface area (Å²) < 4.78 is 26.9. The molecule has 0 fully saturated rings. The van der Waals surface area contributed by atoms with Crippen LogP contribution in [0.15, 0.2) is 64.0 Å². The second-order valence-corrected chi connectivity index (χ2v) is 12.4. The van der Waals surface area contributed by atoms with Crippen molar-refractivity contribution in [2.24, 2.45) is 0 Å². The fraction of sp³-hybridized carbons (Fsp3) is 0.538. The second kappa shape index (κ2) is 15.1. The van der Waals surface area contributed by atoms with Gasteiger partial charge < -0.3 is 0 Å². The summed E-state index contributed by atoms with van der Waals surface area (Å²) in [6, 6.07) is 17.0. The highest BCUT2D eigenvalue weighted by Crippen LogP contribution is 2.33. The third-order valence-corrected chi connectivity index (χ3v) is 9.40. The van der Waals surface area contributed by atoms with Gasteiger partial charge in [-0.2, -0.15) is 11.8 Å². The maximum Gasteiger partial charge on any atom is 0.179 e. The third-order valence-electron chi connectivity index (χ3n) is 5.53. The SMILES string of the molecule is CCCCCCCCCCCCS[C@H](CS(=O)(=O)c1ccc(Br)cc1)c1ccccc1. The lowest BCUT2D eigenvalue weighted by molar-refractivity contribution is 0.563. The van der Waals surface area contributed by atoms with E-state index in [0.717, 1.165) is 22.2 Å². The monoisotopic (exact) mass is 524 g/mol. The standard InChI is InChI=1S/C26H37BrO2S2/c1-2-3-4-5-6-7-8-9-10-14-21-30-26(23-15-12-11-13-16-23)22-31(28,29)25-19-17-24(27)18-20-25/h11-13,15-20,26H,2-10,14,21-22H2,1H3/t26-/m1/s1. The Bertz CT molecular complexity index is 820. The Morgan fingerprint density at radius 3 is 1.90 bits per heavy atom. The van der Waals surface area contributed by atoms with E-state index in [1.807, 2.05) is 30.3 Å². The summed E-state index contributed by atoms with van der Waals surface area (Å²) in [7, 11) is -3.33. The molecule has 0 amide bonds. The van der Waals surface area contributed by atoms with Crippen LogP contribution in [0.5, 0.6) is 0 Å². The van der Waals surface area contributed by atoms with Crippen molar-refractivity contribution in [2.75, 3.05) is 11.5 Å². The van der Waals surface area contributed by atoms with Gasteiger partial charge in [0.25, 0.3) is 0 Å². The molecule has 172 valence electrons. The number of unbranched alkanes of at least 4 members (excludes halogenated alkanes) is 9. The summed E-state index contributed by atoms with van der Waals surface area (Å²) in [5.41, 5.74) is 1.10. The molecule has 0 unspecified atom stereocenters. The molecule has 0 radical (unpaired) electrons. The maximum atomic E-state index is 13.0. The van der Waals surface area contributed by atoms with Crippen LogP contribution in [0.4, 0.5) is 0 Å². The fourth-order valence-electron chi connectivity index (χ4n) is 3.66. The lowest BCUT2D eigenvalue weighted by Crippen LogP contribution is -2.13. The molecule has 0 spiro atoms. The summed E-state index contributed by atoms with van der Waals surface area (Å²) >= 11 is 5.17. The number of halogens is 1. The lowest BCUT2D eigenvalue weighted by Gasteiger charge is -2.17. The Hall–Kier alpha value is -0.780. The first-order chi connectivity index (χ1) is 15.0. The molecule has 0 saturated heterocycles. The summed E-state index contributed by atoms with van der Waals surface area (Å²) in [4.78, 5) is 0.399. The van der Waals surface area contributed by atoms with Gasteiger partial charge in [0.1, 0.15) is 0 Å². The topological polar surface area (TPSA) is 34.1 Å². The highest BCUT2D eigenvalue weighted by atomic mass is 79.9. The molecule has 0 aliphatic carbocycles. The summed E-state index contributed by atoms with van der Waals surface area (Å²) in [5, 5.41) is -0.0339. The number of rotatable bonds is 16. The fourth-order valence-corrected chi connectivity index (χ4v) is 7.19. The molecule has 0 bridgehead atoms. The Morgan fingerprint density at radius 1 is 0.774 bits per heavy atom. The van der Waals surface area contributed by atoms with E-state index in [4.69, 9.17) is 0 Å². The molecular formula is C26H37BrO2S2. The number of hydrogen-bond acceptors (Lipinski definition) is 3. The van der Waals surface area contributed by atoms with Crippen LogP contribution in [-0.4, -0.2) is 19.9 Å². The number of sulfone groups is 1. The molecule has 1 atom stereocenters. The predicted molar refractivity (Wildman–Crippen MR) is 140 cm³/mol. The molecule has 2 rings (SSSR count). The molecule has 0 heterocycles. The molecule has 0 aromatic heterocycles. The van der Waals surface area contributed by atoms with Gasteiger partial charge in [0.05, 0.1) is 10.6 Å². The zero-order valence-corrected chi connectivity index (χ0v) is 22.0. The van der Waals surface area contributed by atoms with Gasteiger partial charge in [0.15, 0.2) is 9.84 Å². The van der Waals surface area contributed by atoms with Crippen molar-refractivity contribution in [3.63, 3.8) is 0 Å². The number of thioether (sulfide) groups is 1. The molecule has 0 aliphatic rings. The Balaban J connectivity index is 1.79. The van der Waals surface area contributed by atoms with Crippen LogP contribution in [0.25, 0.3) is 0 Å². The van der Waals surface area contributed by atoms with Crippen molar-refractivity contribution in [3.05, 3.63) is 64.6 Å². The number of hydrogen-bond donors (Lipinski definition) is 0. The first-order valence-corrected chi connectivity index (χ1v) is 15.2. The van der Waals surface area contributed by atoms with Crippen molar-refractivity contribution in [2.45, 2.75) is 81.3 Å². The summed E-state index contributed by atoms with van der Waals surface area (Å²) in [6.07, 6.45) is 13.2. The average Bonchev–Trinajstić information content (AvgIpc) is 2.77. The van der Waals surface area contributed by atoms with Crippen molar-refractivity contribution in [3.8, 4) is 0 Å². The minimum absolute atomic E-state index is 0.0339. The zero-order valence-electron chi connectivity index (χ0n) is 18.8.